The molecule has 1 aliphatic heterocycles. The quantitative estimate of drug-likeness (QED) is 0.494. The molecule has 0 amide bonds. The third-order valence-electron chi connectivity index (χ3n) is 1.67. The number of nitrogens with zero attached hydrogens (tertiary/aromatic N) is 1. The molecule has 0 saturated heterocycles. The van der Waals surface area contributed by atoms with E-state index in [2.05, 4.69) is 15.6 Å². The van der Waals surface area contributed by atoms with Crippen molar-refractivity contribution in [2.75, 3.05) is 17.2 Å². The lowest BCUT2D eigenvalue weighted by molar-refractivity contribution is 0.778. The van der Waals surface area contributed by atoms with Crippen LogP contribution in [0.15, 0.2) is 18.5 Å². The van der Waals surface area contributed by atoms with Crippen LogP contribution < -0.4 is 16.4 Å². The molecular formula is C7H10N4. The van der Waals surface area contributed by atoms with E-state index in [9.17, 15) is 0 Å². The molecule has 2 rings (SSSR count). The maximum Gasteiger partial charge on any atom is 0.0921 e. The molecule has 1 aromatic rings. The van der Waals surface area contributed by atoms with Gasteiger partial charge in [0.25, 0.3) is 0 Å². The van der Waals surface area contributed by atoms with Crippen molar-refractivity contribution in [3.63, 3.8) is 0 Å². The van der Waals surface area contributed by atoms with E-state index in [1.54, 1.807) is 12.4 Å². The predicted octanol–water partition coefficient (Wildman–Crippen LogP) is 0.204. The summed E-state index contributed by atoms with van der Waals surface area (Å²) in [6.45, 7) is 0.761. The minimum absolute atomic E-state index is 0.00769. The summed E-state index contributed by atoms with van der Waals surface area (Å²) in [5.74, 6) is 0. The van der Waals surface area contributed by atoms with Gasteiger partial charge in [-0.25, -0.2) is 0 Å². The summed E-state index contributed by atoms with van der Waals surface area (Å²) in [4.78, 5) is 3.97. The number of pyridine rings is 1. The number of rotatable bonds is 0. The highest BCUT2D eigenvalue weighted by Crippen LogP contribution is 2.22. The van der Waals surface area contributed by atoms with Crippen molar-refractivity contribution in [2.45, 2.75) is 6.17 Å². The fraction of sp³-hybridized carbons (Fsp3) is 0.286. The molecule has 4 nitrogen and oxygen atoms in total. The van der Waals surface area contributed by atoms with Gasteiger partial charge in [-0.15, -0.1) is 0 Å². The van der Waals surface area contributed by atoms with Crippen LogP contribution in [0.2, 0.25) is 0 Å². The van der Waals surface area contributed by atoms with Crippen molar-refractivity contribution in [1.29, 1.82) is 0 Å². The van der Waals surface area contributed by atoms with E-state index in [0.717, 1.165) is 17.9 Å². The second kappa shape index (κ2) is 2.39. The van der Waals surface area contributed by atoms with Crippen LogP contribution in [-0.2, 0) is 0 Å². The van der Waals surface area contributed by atoms with Gasteiger partial charge in [0.1, 0.15) is 0 Å². The third kappa shape index (κ3) is 1.12. The number of hydrogen-bond donors (Lipinski definition) is 3. The average Bonchev–Trinajstić information content (AvgIpc) is 2.04. The van der Waals surface area contributed by atoms with E-state index in [4.69, 9.17) is 5.73 Å². The molecule has 0 radical (unpaired) electrons. The Bertz CT molecular complexity index is 260. The molecule has 1 aromatic heterocycles. The molecule has 1 aliphatic rings. The Balaban J connectivity index is 2.34. The van der Waals surface area contributed by atoms with Crippen molar-refractivity contribution in [3.05, 3.63) is 18.5 Å². The van der Waals surface area contributed by atoms with Crippen LogP contribution in [-0.4, -0.2) is 17.7 Å². The van der Waals surface area contributed by atoms with Gasteiger partial charge in [0, 0.05) is 12.7 Å². The fourth-order valence-corrected chi connectivity index (χ4v) is 1.13. The standard InChI is InChI=1S/C7H10N4/c8-7-4-10-5-1-2-9-3-6(5)11-7/h1-3,7,10-11H,4,8H2. The smallest absolute Gasteiger partial charge is 0.0921 e. The average molecular weight is 150 g/mol. The van der Waals surface area contributed by atoms with E-state index >= 15 is 0 Å². The lowest BCUT2D eigenvalue weighted by atomic mass is 10.2. The van der Waals surface area contributed by atoms with Crippen LogP contribution in [0.4, 0.5) is 11.4 Å². The summed E-state index contributed by atoms with van der Waals surface area (Å²) < 4.78 is 0. The second-order valence-corrected chi connectivity index (χ2v) is 2.55. The lowest BCUT2D eigenvalue weighted by Gasteiger charge is -2.24. The molecule has 4 heteroatoms. The zero-order chi connectivity index (χ0) is 7.68. The second-order valence-electron chi connectivity index (χ2n) is 2.55. The van der Waals surface area contributed by atoms with Gasteiger partial charge in [-0.3, -0.25) is 4.98 Å². The zero-order valence-electron chi connectivity index (χ0n) is 6.04. The Labute approximate surface area is 64.8 Å². The van der Waals surface area contributed by atoms with E-state index in [1.165, 1.54) is 0 Å². The molecule has 0 bridgehead atoms. The summed E-state index contributed by atoms with van der Waals surface area (Å²) in [5, 5.41) is 6.30. The number of fused-ring (bicyclic) bond motifs is 1. The van der Waals surface area contributed by atoms with Gasteiger partial charge < -0.3 is 16.4 Å². The Morgan fingerprint density at radius 3 is 3.36 bits per heavy atom. The fourth-order valence-electron chi connectivity index (χ4n) is 1.13. The molecule has 0 aliphatic carbocycles. The topological polar surface area (TPSA) is 63.0 Å². The normalized spacial score (nSPS) is 21.4. The highest BCUT2D eigenvalue weighted by atomic mass is 15.1. The minimum atomic E-state index is -0.00769. The molecule has 1 atom stereocenters. The molecule has 0 aromatic carbocycles. The van der Waals surface area contributed by atoms with Crippen molar-refractivity contribution < 1.29 is 0 Å². The summed E-state index contributed by atoms with van der Waals surface area (Å²) in [7, 11) is 0. The molecule has 2 heterocycles. The predicted molar refractivity (Wildman–Crippen MR) is 44.3 cm³/mol. The highest BCUT2D eigenvalue weighted by molar-refractivity contribution is 5.69. The monoisotopic (exact) mass is 150 g/mol. The zero-order valence-corrected chi connectivity index (χ0v) is 6.04. The summed E-state index contributed by atoms with van der Waals surface area (Å²) in [6.07, 6.45) is 3.51. The number of hydrogen-bond acceptors (Lipinski definition) is 4. The van der Waals surface area contributed by atoms with Crippen molar-refractivity contribution in [2.24, 2.45) is 5.73 Å². The molecule has 58 valence electrons. The van der Waals surface area contributed by atoms with Gasteiger partial charge >= 0.3 is 0 Å². The van der Waals surface area contributed by atoms with E-state index < -0.39 is 0 Å². The van der Waals surface area contributed by atoms with Crippen LogP contribution >= 0.6 is 0 Å². The first-order chi connectivity index (χ1) is 5.36. The Hall–Kier alpha value is -1.29. The first-order valence-corrected chi connectivity index (χ1v) is 3.56. The van der Waals surface area contributed by atoms with Crippen LogP contribution in [0.3, 0.4) is 0 Å². The number of anilines is 2. The van der Waals surface area contributed by atoms with Gasteiger partial charge in [0.15, 0.2) is 0 Å². The molecule has 1 unspecified atom stereocenters. The number of aromatic nitrogens is 1. The summed E-state index contributed by atoms with van der Waals surface area (Å²) in [5.41, 5.74) is 7.70. The van der Waals surface area contributed by atoms with Crippen LogP contribution in [0.25, 0.3) is 0 Å². The van der Waals surface area contributed by atoms with Crippen molar-refractivity contribution >= 4 is 11.4 Å². The van der Waals surface area contributed by atoms with Crippen molar-refractivity contribution in [1.82, 2.24) is 4.98 Å². The van der Waals surface area contributed by atoms with Crippen LogP contribution in [0.1, 0.15) is 0 Å². The van der Waals surface area contributed by atoms with Gasteiger partial charge in [0.05, 0.1) is 23.7 Å². The van der Waals surface area contributed by atoms with E-state index in [0.29, 0.717) is 0 Å². The molecule has 0 saturated carbocycles. The molecule has 0 spiro atoms. The van der Waals surface area contributed by atoms with Gasteiger partial charge in [-0.2, -0.15) is 0 Å². The van der Waals surface area contributed by atoms with Gasteiger partial charge in [-0.05, 0) is 6.07 Å². The Morgan fingerprint density at radius 1 is 1.55 bits per heavy atom. The maximum absolute atomic E-state index is 5.65. The van der Waals surface area contributed by atoms with Crippen LogP contribution in [0, 0.1) is 0 Å². The number of nitrogens with one attached hydrogen (secondary N) is 2. The van der Waals surface area contributed by atoms with Gasteiger partial charge in [-0.1, -0.05) is 0 Å². The maximum atomic E-state index is 5.65. The highest BCUT2D eigenvalue weighted by Gasteiger charge is 2.11. The largest absolute Gasteiger partial charge is 0.380 e. The first-order valence-electron chi connectivity index (χ1n) is 3.56. The molecule has 11 heavy (non-hydrogen) atoms. The minimum Gasteiger partial charge on any atom is -0.380 e. The first kappa shape index (κ1) is 6.42. The molecule has 4 N–H and O–H groups in total. The number of nitrogens with two attached hydrogens (primary N) is 1. The Kier molecular flexibility index (Phi) is 1.40. The Morgan fingerprint density at radius 2 is 2.45 bits per heavy atom. The van der Waals surface area contributed by atoms with E-state index in [1.807, 2.05) is 6.07 Å². The SMILES string of the molecule is NC1CNc2ccncc2N1. The molecule has 0 fully saturated rings. The van der Waals surface area contributed by atoms with Crippen LogP contribution in [0.5, 0.6) is 0 Å². The molecular weight excluding hydrogens is 140 g/mol. The third-order valence-corrected chi connectivity index (χ3v) is 1.67. The summed E-state index contributed by atoms with van der Waals surface area (Å²) in [6, 6.07) is 1.92. The van der Waals surface area contributed by atoms with E-state index in [-0.39, 0.29) is 6.17 Å². The van der Waals surface area contributed by atoms with Gasteiger partial charge in [0.2, 0.25) is 0 Å². The van der Waals surface area contributed by atoms with Crippen molar-refractivity contribution in [3.8, 4) is 0 Å². The summed E-state index contributed by atoms with van der Waals surface area (Å²) >= 11 is 0. The lowest BCUT2D eigenvalue weighted by Crippen LogP contribution is -2.40.